The summed E-state index contributed by atoms with van der Waals surface area (Å²) in [4.78, 5) is 11.8. The van der Waals surface area contributed by atoms with Gasteiger partial charge < -0.3 is 19.3 Å². The Morgan fingerprint density at radius 1 is 1.03 bits per heavy atom. The number of aromatic nitrogens is 2. The van der Waals surface area contributed by atoms with E-state index in [2.05, 4.69) is 10.2 Å². The first-order valence-corrected chi connectivity index (χ1v) is 10.5. The lowest BCUT2D eigenvalue weighted by Gasteiger charge is -2.11. The minimum atomic E-state index is -0.386. The summed E-state index contributed by atoms with van der Waals surface area (Å²) in [5.41, 5.74) is 3.71. The first-order chi connectivity index (χ1) is 16.0. The summed E-state index contributed by atoms with van der Waals surface area (Å²) in [5.74, 6) is 1.15. The van der Waals surface area contributed by atoms with Crippen molar-refractivity contribution in [2.45, 2.75) is 20.5 Å². The van der Waals surface area contributed by atoms with E-state index in [1.165, 1.54) is 6.20 Å². The number of phenolic OH excluding ortho intramolecular Hbond substituents is 1. The number of phenols is 1. The number of aromatic amines is 1. The third-order valence-corrected chi connectivity index (χ3v) is 5.09. The molecule has 4 rings (SSSR count). The van der Waals surface area contributed by atoms with Gasteiger partial charge in [0.25, 0.3) is 0 Å². The molecule has 3 aromatic carbocycles. The van der Waals surface area contributed by atoms with Gasteiger partial charge in [-0.15, -0.1) is 0 Å². The summed E-state index contributed by atoms with van der Waals surface area (Å²) in [6.07, 6.45) is 1.52. The summed E-state index contributed by atoms with van der Waals surface area (Å²) >= 11 is 0. The summed E-state index contributed by atoms with van der Waals surface area (Å²) in [6, 6.07) is 19.7. The maximum absolute atomic E-state index is 11.8. The van der Waals surface area contributed by atoms with E-state index in [9.17, 15) is 9.90 Å². The van der Waals surface area contributed by atoms with Gasteiger partial charge in [-0.05, 0) is 61.4 Å². The van der Waals surface area contributed by atoms with Crippen LogP contribution in [0.2, 0.25) is 0 Å². The van der Waals surface area contributed by atoms with Crippen LogP contribution in [0.3, 0.4) is 0 Å². The summed E-state index contributed by atoms with van der Waals surface area (Å²) in [6.45, 7) is 4.51. The summed E-state index contributed by atoms with van der Waals surface area (Å²) in [7, 11) is 0. The number of aromatic hydroxyl groups is 1. The Bertz CT molecular complexity index is 1250. The number of esters is 1. The van der Waals surface area contributed by atoms with E-state index in [4.69, 9.17) is 14.2 Å². The molecule has 0 spiro atoms. The Labute approximate surface area is 191 Å². The molecule has 2 N–H and O–H groups in total. The predicted molar refractivity (Wildman–Crippen MR) is 124 cm³/mol. The van der Waals surface area contributed by atoms with E-state index in [1.54, 1.807) is 49.4 Å². The minimum absolute atomic E-state index is 0.0315. The maximum atomic E-state index is 11.8. The van der Waals surface area contributed by atoms with E-state index >= 15 is 0 Å². The average molecular weight is 444 g/mol. The van der Waals surface area contributed by atoms with Gasteiger partial charge in [0.15, 0.2) is 5.75 Å². The highest BCUT2D eigenvalue weighted by Gasteiger charge is 2.15. The molecule has 168 valence electrons. The standard InChI is InChI=1S/C26H24N2O5/c1-3-31-26(30)18-8-10-20(11-9-18)33-24-15-27-28-25(24)22-13-12-21(14-23(22)29)32-16-19-7-5-4-6-17(19)2/h4-15,29H,3,16H2,1-2H3,(H,27,28). The van der Waals surface area contributed by atoms with E-state index in [-0.39, 0.29) is 11.7 Å². The minimum Gasteiger partial charge on any atom is -0.507 e. The molecule has 7 nitrogen and oxygen atoms in total. The van der Waals surface area contributed by atoms with Crippen molar-refractivity contribution in [3.63, 3.8) is 0 Å². The molecule has 33 heavy (non-hydrogen) atoms. The second kappa shape index (κ2) is 9.91. The molecule has 0 aliphatic heterocycles. The number of ether oxygens (including phenoxy) is 3. The number of hydrogen-bond donors (Lipinski definition) is 2. The fourth-order valence-corrected chi connectivity index (χ4v) is 3.29. The molecule has 0 unspecified atom stereocenters. The number of carbonyl (C=O) groups is 1. The van der Waals surface area contributed by atoms with E-state index in [1.807, 2.05) is 31.2 Å². The van der Waals surface area contributed by atoms with Crippen LogP contribution in [0.15, 0.2) is 72.9 Å². The van der Waals surface area contributed by atoms with Crippen molar-refractivity contribution < 1.29 is 24.1 Å². The lowest BCUT2D eigenvalue weighted by molar-refractivity contribution is 0.0526. The summed E-state index contributed by atoms with van der Waals surface area (Å²) < 4.78 is 16.7. The van der Waals surface area contributed by atoms with Crippen LogP contribution >= 0.6 is 0 Å². The number of benzene rings is 3. The topological polar surface area (TPSA) is 93.7 Å². The Hall–Kier alpha value is -4.26. The van der Waals surface area contributed by atoms with Crippen LogP contribution in [-0.2, 0) is 11.3 Å². The van der Waals surface area contributed by atoms with Crippen molar-refractivity contribution in [3.8, 4) is 34.3 Å². The number of nitrogens with one attached hydrogen (secondary N) is 1. The molecule has 0 saturated heterocycles. The second-order valence-electron chi connectivity index (χ2n) is 7.35. The fourth-order valence-electron chi connectivity index (χ4n) is 3.29. The number of carbonyl (C=O) groups excluding carboxylic acids is 1. The number of hydrogen-bond acceptors (Lipinski definition) is 6. The van der Waals surface area contributed by atoms with Crippen LogP contribution in [0.4, 0.5) is 0 Å². The highest BCUT2D eigenvalue weighted by atomic mass is 16.5. The molecule has 0 amide bonds. The van der Waals surface area contributed by atoms with Crippen LogP contribution in [0, 0.1) is 6.92 Å². The molecule has 0 bridgehead atoms. The van der Waals surface area contributed by atoms with Crippen LogP contribution < -0.4 is 9.47 Å². The number of H-pyrrole nitrogens is 1. The van der Waals surface area contributed by atoms with Gasteiger partial charge in [0.2, 0.25) is 0 Å². The average Bonchev–Trinajstić information content (AvgIpc) is 3.27. The third-order valence-electron chi connectivity index (χ3n) is 5.09. The zero-order valence-corrected chi connectivity index (χ0v) is 18.4. The highest BCUT2D eigenvalue weighted by molar-refractivity contribution is 5.89. The first-order valence-electron chi connectivity index (χ1n) is 10.5. The van der Waals surface area contributed by atoms with Crippen LogP contribution in [0.25, 0.3) is 11.3 Å². The van der Waals surface area contributed by atoms with Crippen LogP contribution in [0.1, 0.15) is 28.4 Å². The Morgan fingerprint density at radius 3 is 2.52 bits per heavy atom. The van der Waals surface area contributed by atoms with Crippen LogP contribution in [-0.4, -0.2) is 27.9 Å². The van der Waals surface area contributed by atoms with Crippen molar-refractivity contribution in [1.82, 2.24) is 10.2 Å². The van der Waals surface area contributed by atoms with Crippen molar-refractivity contribution in [2.24, 2.45) is 0 Å². The maximum Gasteiger partial charge on any atom is 0.338 e. The Kier molecular flexibility index (Phi) is 6.59. The lowest BCUT2D eigenvalue weighted by Crippen LogP contribution is -2.04. The van der Waals surface area contributed by atoms with Gasteiger partial charge in [-0.3, -0.25) is 5.10 Å². The van der Waals surface area contributed by atoms with Crippen LogP contribution in [0.5, 0.6) is 23.0 Å². The van der Waals surface area contributed by atoms with Crippen molar-refractivity contribution in [1.29, 1.82) is 0 Å². The number of rotatable bonds is 8. The van der Waals surface area contributed by atoms with E-state index < -0.39 is 0 Å². The van der Waals surface area contributed by atoms with Gasteiger partial charge >= 0.3 is 5.97 Å². The quantitative estimate of drug-likeness (QED) is 0.342. The van der Waals surface area contributed by atoms with Gasteiger partial charge in [0, 0.05) is 11.6 Å². The molecule has 0 aliphatic rings. The van der Waals surface area contributed by atoms with Crippen molar-refractivity contribution >= 4 is 5.97 Å². The molecule has 1 aromatic heterocycles. The zero-order valence-electron chi connectivity index (χ0n) is 18.4. The highest BCUT2D eigenvalue weighted by Crippen LogP contribution is 2.38. The lowest BCUT2D eigenvalue weighted by atomic mass is 10.1. The molecule has 0 aliphatic carbocycles. The monoisotopic (exact) mass is 444 g/mol. The molecule has 0 radical (unpaired) electrons. The largest absolute Gasteiger partial charge is 0.507 e. The molecule has 7 heteroatoms. The molecule has 0 saturated carbocycles. The van der Waals surface area contributed by atoms with Crippen molar-refractivity contribution in [3.05, 3.63) is 89.6 Å². The molecular formula is C26H24N2O5. The predicted octanol–water partition coefficient (Wildman–Crippen LogP) is 5.64. The first kappa shape index (κ1) is 22.0. The second-order valence-corrected chi connectivity index (χ2v) is 7.35. The van der Waals surface area contributed by atoms with Gasteiger partial charge in [-0.1, -0.05) is 24.3 Å². The molecular weight excluding hydrogens is 420 g/mol. The zero-order chi connectivity index (χ0) is 23.2. The Morgan fingerprint density at radius 2 is 1.79 bits per heavy atom. The normalized spacial score (nSPS) is 10.6. The smallest absolute Gasteiger partial charge is 0.338 e. The number of aryl methyl sites for hydroxylation is 1. The molecule has 4 aromatic rings. The SMILES string of the molecule is CCOC(=O)c1ccc(Oc2cn[nH]c2-c2ccc(OCc3ccccc3C)cc2O)cc1. The molecule has 0 fully saturated rings. The van der Waals surface area contributed by atoms with Gasteiger partial charge in [0.1, 0.15) is 29.5 Å². The van der Waals surface area contributed by atoms with Gasteiger partial charge in [-0.25, -0.2) is 4.79 Å². The van der Waals surface area contributed by atoms with Gasteiger partial charge in [0.05, 0.1) is 18.4 Å². The summed E-state index contributed by atoms with van der Waals surface area (Å²) in [5, 5.41) is 17.5. The number of nitrogens with zero attached hydrogens (tertiary/aromatic N) is 1. The van der Waals surface area contributed by atoms with Crippen molar-refractivity contribution in [2.75, 3.05) is 6.61 Å². The molecule has 1 heterocycles. The van der Waals surface area contributed by atoms with Gasteiger partial charge in [-0.2, -0.15) is 5.10 Å². The van der Waals surface area contributed by atoms with E-state index in [0.717, 1.165) is 11.1 Å². The third kappa shape index (κ3) is 5.15. The fraction of sp³-hybridized carbons (Fsp3) is 0.154. The molecule has 0 atom stereocenters. The van der Waals surface area contributed by atoms with E-state index in [0.29, 0.717) is 47.3 Å². The Balaban J connectivity index is 1.48.